The number of thiophene rings is 1. The summed E-state index contributed by atoms with van der Waals surface area (Å²) in [5, 5.41) is 4.65. The van der Waals surface area contributed by atoms with Gasteiger partial charge in [0.25, 0.3) is 0 Å². The summed E-state index contributed by atoms with van der Waals surface area (Å²) in [6.45, 7) is 3.47. The molecule has 3 aromatic heterocycles. The van der Waals surface area contributed by atoms with E-state index in [1.165, 1.54) is 16.0 Å². The molecule has 0 aliphatic rings. The first-order chi connectivity index (χ1) is 12.2. The number of aryl methyl sites for hydroxylation is 1. The number of benzene rings is 1. The number of nitrogens with two attached hydrogens (primary N) is 1. The Hall–Kier alpha value is -2.70. The number of pyridine rings is 1. The average Bonchev–Trinajstić information content (AvgIpc) is 3.24. The minimum atomic E-state index is 0.600. The second kappa shape index (κ2) is 6.66. The summed E-state index contributed by atoms with van der Waals surface area (Å²) in [7, 11) is 0. The summed E-state index contributed by atoms with van der Waals surface area (Å²) in [6.07, 6.45) is 5.49. The summed E-state index contributed by atoms with van der Waals surface area (Å²) in [5.74, 6) is 0. The molecule has 0 aliphatic heterocycles. The zero-order valence-electron chi connectivity index (χ0n) is 13.9. The van der Waals surface area contributed by atoms with Gasteiger partial charge in [-0.1, -0.05) is 0 Å². The molecule has 0 aliphatic carbocycles. The maximum atomic E-state index is 5.69. The molecule has 0 fully saturated rings. The van der Waals surface area contributed by atoms with Gasteiger partial charge in [-0.15, -0.1) is 11.3 Å². The lowest BCUT2D eigenvalue weighted by Crippen LogP contribution is -2.08. The topological polar surface area (TPSA) is 68.8 Å². The number of hydrogen-bond donors (Lipinski definition) is 2. The van der Waals surface area contributed by atoms with Gasteiger partial charge in [-0.3, -0.25) is 4.98 Å². The number of imidazole rings is 1. The second-order valence-electron chi connectivity index (χ2n) is 5.91. The van der Waals surface area contributed by atoms with Crippen LogP contribution in [0.3, 0.4) is 0 Å². The highest BCUT2D eigenvalue weighted by molar-refractivity contribution is 7.19. The molecule has 1 aromatic carbocycles. The van der Waals surface area contributed by atoms with Crippen LogP contribution in [0, 0.1) is 6.92 Å². The van der Waals surface area contributed by atoms with Crippen molar-refractivity contribution >= 4 is 33.1 Å². The zero-order valence-corrected chi connectivity index (χ0v) is 14.8. The lowest BCUT2D eigenvalue weighted by atomic mass is 10.1. The van der Waals surface area contributed by atoms with E-state index in [0.29, 0.717) is 6.54 Å². The maximum Gasteiger partial charge on any atom is 0.0958 e. The average molecular weight is 349 g/mol. The van der Waals surface area contributed by atoms with Gasteiger partial charge in [0.1, 0.15) is 0 Å². The van der Waals surface area contributed by atoms with Crippen molar-refractivity contribution in [2.75, 3.05) is 11.9 Å². The fourth-order valence-corrected chi connectivity index (χ4v) is 3.79. The fraction of sp³-hybridized carbons (Fsp3) is 0.158. The molecule has 0 saturated carbocycles. The van der Waals surface area contributed by atoms with Crippen molar-refractivity contribution in [3.63, 3.8) is 0 Å². The molecule has 126 valence electrons. The predicted octanol–water partition coefficient (Wildman–Crippen LogP) is 4.17. The summed E-state index contributed by atoms with van der Waals surface area (Å²) in [6, 6.07) is 12.6. The quantitative estimate of drug-likeness (QED) is 0.567. The van der Waals surface area contributed by atoms with Gasteiger partial charge in [0, 0.05) is 36.0 Å². The Balaban J connectivity index is 1.65. The summed E-state index contributed by atoms with van der Waals surface area (Å²) in [4.78, 5) is 9.76. The molecule has 5 nitrogen and oxygen atoms in total. The summed E-state index contributed by atoms with van der Waals surface area (Å²) < 4.78 is 2.09. The van der Waals surface area contributed by atoms with E-state index >= 15 is 0 Å². The Labute approximate surface area is 150 Å². The highest BCUT2D eigenvalue weighted by atomic mass is 32.1. The van der Waals surface area contributed by atoms with Crippen LogP contribution in [0.5, 0.6) is 0 Å². The molecule has 0 saturated heterocycles. The Kier molecular flexibility index (Phi) is 4.21. The number of fused-ring (bicyclic) bond motifs is 1. The van der Waals surface area contributed by atoms with E-state index in [1.807, 2.05) is 30.9 Å². The highest BCUT2D eigenvalue weighted by Crippen LogP contribution is 2.34. The molecule has 4 rings (SSSR count). The minimum absolute atomic E-state index is 0.600. The van der Waals surface area contributed by atoms with Gasteiger partial charge in [0.15, 0.2) is 0 Å². The molecule has 25 heavy (non-hydrogen) atoms. The van der Waals surface area contributed by atoms with Crippen LogP contribution in [0.25, 0.3) is 21.5 Å². The number of nitrogens with one attached hydrogen (secondary N) is 1. The molecule has 4 aromatic rings. The van der Waals surface area contributed by atoms with E-state index in [9.17, 15) is 0 Å². The fourth-order valence-electron chi connectivity index (χ4n) is 2.87. The molecular formula is C19H19N5S. The maximum absolute atomic E-state index is 5.69. The molecule has 3 N–H and O–H groups in total. The number of aromatic nitrogens is 3. The first-order valence-corrected chi connectivity index (χ1v) is 8.99. The van der Waals surface area contributed by atoms with Crippen LogP contribution in [-0.4, -0.2) is 21.1 Å². The number of anilines is 2. The van der Waals surface area contributed by atoms with Crippen LogP contribution in [0.4, 0.5) is 10.7 Å². The largest absolute Gasteiger partial charge is 0.347 e. The van der Waals surface area contributed by atoms with Crippen LogP contribution in [0.2, 0.25) is 0 Å². The second-order valence-corrected chi connectivity index (χ2v) is 6.99. The van der Waals surface area contributed by atoms with E-state index in [4.69, 9.17) is 5.73 Å². The van der Waals surface area contributed by atoms with Crippen molar-refractivity contribution in [1.82, 2.24) is 14.5 Å². The van der Waals surface area contributed by atoms with Crippen molar-refractivity contribution in [3.8, 4) is 10.4 Å². The summed E-state index contributed by atoms with van der Waals surface area (Å²) >= 11 is 1.73. The number of rotatable bonds is 5. The third kappa shape index (κ3) is 3.14. The molecule has 6 heteroatoms. The van der Waals surface area contributed by atoms with Crippen molar-refractivity contribution < 1.29 is 0 Å². The van der Waals surface area contributed by atoms with E-state index in [2.05, 4.69) is 51.0 Å². The third-order valence-electron chi connectivity index (χ3n) is 4.17. The number of nitrogens with zero attached hydrogens (tertiary/aromatic N) is 3. The normalized spacial score (nSPS) is 11.1. The van der Waals surface area contributed by atoms with Gasteiger partial charge in [-0.05, 0) is 54.4 Å². The Morgan fingerprint density at radius 2 is 2.00 bits per heavy atom. The Bertz CT molecular complexity index is 1000. The molecule has 3 heterocycles. The molecule has 0 bridgehead atoms. The lowest BCUT2D eigenvalue weighted by molar-refractivity contribution is 0.728. The first kappa shape index (κ1) is 15.8. The lowest BCUT2D eigenvalue weighted by Gasteiger charge is -2.09. The highest BCUT2D eigenvalue weighted by Gasteiger charge is 2.09. The van der Waals surface area contributed by atoms with Gasteiger partial charge in [0.05, 0.1) is 22.4 Å². The minimum Gasteiger partial charge on any atom is -0.347 e. The van der Waals surface area contributed by atoms with Crippen LogP contribution >= 0.6 is 11.3 Å². The van der Waals surface area contributed by atoms with E-state index in [0.717, 1.165) is 28.3 Å². The van der Waals surface area contributed by atoms with Crippen LogP contribution < -0.4 is 11.1 Å². The van der Waals surface area contributed by atoms with Gasteiger partial charge >= 0.3 is 0 Å². The van der Waals surface area contributed by atoms with Crippen molar-refractivity contribution in [2.24, 2.45) is 5.73 Å². The van der Waals surface area contributed by atoms with Gasteiger partial charge < -0.3 is 15.6 Å². The van der Waals surface area contributed by atoms with Crippen LogP contribution in [0.15, 0.2) is 55.1 Å². The molecule has 0 atom stereocenters. The molecule has 0 unspecified atom stereocenters. The molecule has 0 amide bonds. The van der Waals surface area contributed by atoms with Gasteiger partial charge in [-0.25, -0.2) is 4.98 Å². The van der Waals surface area contributed by atoms with Crippen LogP contribution in [-0.2, 0) is 6.54 Å². The van der Waals surface area contributed by atoms with Gasteiger partial charge in [-0.2, -0.15) is 0 Å². The first-order valence-electron chi connectivity index (χ1n) is 8.17. The van der Waals surface area contributed by atoms with Gasteiger partial charge in [0.2, 0.25) is 0 Å². The van der Waals surface area contributed by atoms with Crippen molar-refractivity contribution in [3.05, 3.63) is 60.7 Å². The molecule has 0 radical (unpaired) electrons. The zero-order chi connectivity index (χ0) is 17.2. The predicted molar refractivity (Wildman–Crippen MR) is 104 cm³/mol. The van der Waals surface area contributed by atoms with Crippen molar-refractivity contribution in [2.45, 2.75) is 13.5 Å². The third-order valence-corrected chi connectivity index (χ3v) is 5.22. The SMILES string of the molecule is Cc1cc2ncn(CCN)c2cc1Nc1ccc(-c2ccncc2)s1. The van der Waals surface area contributed by atoms with Crippen molar-refractivity contribution in [1.29, 1.82) is 0 Å². The van der Waals surface area contributed by atoms with E-state index in [1.54, 1.807) is 11.3 Å². The Morgan fingerprint density at radius 1 is 1.16 bits per heavy atom. The molecular weight excluding hydrogens is 330 g/mol. The monoisotopic (exact) mass is 349 g/mol. The van der Waals surface area contributed by atoms with E-state index < -0.39 is 0 Å². The van der Waals surface area contributed by atoms with Crippen LogP contribution in [0.1, 0.15) is 5.56 Å². The number of hydrogen-bond acceptors (Lipinski definition) is 5. The van der Waals surface area contributed by atoms with E-state index in [-0.39, 0.29) is 0 Å². The smallest absolute Gasteiger partial charge is 0.0958 e. The standard InChI is InChI=1S/C19H19N5S/c1-13-10-16-17(24(9-6-20)12-22-16)11-15(13)23-19-3-2-18(25-19)14-4-7-21-8-5-14/h2-5,7-8,10-12,23H,6,9,20H2,1H3. The molecule has 0 spiro atoms. The Morgan fingerprint density at radius 3 is 2.80 bits per heavy atom. The summed E-state index contributed by atoms with van der Waals surface area (Å²) in [5.41, 5.74) is 11.2.